The maximum absolute atomic E-state index is 11.5. The molecule has 0 saturated carbocycles. The van der Waals surface area contributed by atoms with Gasteiger partial charge in [-0.2, -0.15) is 13.2 Å². The fourth-order valence-electron chi connectivity index (χ4n) is 2.91. The smallest absolute Gasteiger partial charge is 0.475 e. The zero-order valence-electron chi connectivity index (χ0n) is 17.3. The Balaban J connectivity index is 0.000000406. The van der Waals surface area contributed by atoms with Crippen LogP contribution in [0.15, 0.2) is 54.9 Å². The molecule has 13 heteroatoms. The maximum Gasteiger partial charge on any atom is 0.490 e. The highest BCUT2D eigenvalue weighted by Gasteiger charge is 2.38. The number of imidazole rings is 1. The highest BCUT2D eigenvalue weighted by molar-refractivity contribution is 5.96. The second-order valence-corrected chi connectivity index (χ2v) is 6.81. The Bertz CT molecular complexity index is 1350. The van der Waals surface area contributed by atoms with E-state index >= 15 is 0 Å². The zero-order chi connectivity index (χ0) is 25.0. The minimum atomic E-state index is -5.08. The van der Waals surface area contributed by atoms with Gasteiger partial charge in [0.25, 0.3) is 0 Å². The first-order valence-corrected chi connectivity index (χ1v) is 9.51. The number of hydrogen-bond donors (Lipinski definition) is 4. The van der Waals surface area contributed by atoms with Gasteiger partial charge in [-0.1, -0.05) is 12.1 Å². The van der Waals surface area contributed by atoms with E-state index in [1.54, 1.807) is 18.3 Å². The van der Waals surface area contributed by atoms with E-state index in [2.05, 4.69) is 15.0 Å². The largest absolute Gasteiger partial charge is 0.490 e. The number of carbonyl (C=O) groups is 2. The summed E-state index contributed by atoms with van der Waals surface area (Å²) < 4.78 is 33.6. The Morgan fingerprint density at radius 1 is 1.09 bits per heavy atom. The third-order valence-corrected chi connectivity index (χ3v) is 4.53. The van der Waals surface area contributed by atoms with Gasteiger partial charge in [-0.3, -0.25) is 9.36 Å². The number of aromatic nitrogens is 4. The quantitative estimate of drug-likeness (QED) is 0.349. The molecule has 1 aromatic carbocycles. The zero-order valence-corrected chi connectivity index (χ0v) is 17.3. The minimum Gasteiger partial charge on any atom is -0.475 e. The molecule has 0 bridgehead atoms. The molecule has 34 heavy (non-hydrogen) atoms. The molecule has 0 aliphatic rings. The predicted molar refractivity (Wildman–Crippen MR) is 117 cm³/mol. The number of pyridine rings is 2. The monoisotopic (exact) mass is 473 g/mol. The molecule has 0 aliphatic heterocycles. The number of fused-ring (bicyclic) bond motifs is 1. The van der Waals surface area contributed by atoms with Gasteiger partial charge >= 0.3 is 12.1 Å². The van der Waals surface area contributed by atoms with Gasteiger partial charge in [-0.15, -0.1) is 0 Å². The lowest BCUT2D eigenvalue weighted by Crippen LogP contribution is -2.21. The summed E-state index contributed by atoms with van der Waals surface area (Å²) >= 11 is 0. The molecule has 1 amide bonds. The van der Waals surface area contributed by atoms with Gasteiger partial charge in [0.1, 0.15) is 11.3 Å². The number of nitrogen functional groups attached to an aromatic ring is 1. The van der Waals surface area contributed by atoms with Gasteiger partial charge in [-0.05, 0) is 35.9 Å². The molecule has 0 saturated heterocycles. The van der Waals surface area contributed by atoms with E-state index in [1.165, 1.54) is 6.20 Å². The normalized spacial score (nSPS) is 11.1. The van der Waals surface area contributed by atoms with Gasteiger partial charge < -0.3 is 22.3 Å². The van der Waals surface area contributed by atoms with Crippen LogP contribution in [0, 0.1) is 0 Å². The minimum absolute atomic E-state index is 0.288. The molecular formula is C21H18F3N7O3. The van der Waals surface area contributed by atoms with Crippen LogP contribution in [0.4, 0.5) is 19.0 Å². The molecule has 0 radical (unpaired) electrons. The molecule has 10 nitrogen and oxygen atoms in total. The molecule has 4 rings (SSSR count). The first-order chi connectivity index (χ1) is 16.0. The number of aliphatic carboxylic acids is 1. The van der Waals surface area contributed by atoms with Crippen molar-refractivity contribution in [3.8, 4) is 17.1 Å². The first-order valence-electron chi connectivity index (χ1n) is 9.51. The summed E-state index contributed by atoms with van der Waals surface area (Å²) in [5, 5.41) is 7.12. The number of nitrogens with zero attached hydrogens (tertiary/aromatic N) is 4. The highest BCUT2D eigenvalue weighted by atomic mass is 19.4. The molecular weight excluding hydrogens is 455 g/mol. The van der Waals surface area contributed by atoms with Crippen molar-refractivity contribution in [2.75, 3.05) is 5.73 Å². The van der Waals surface area contributed by atoms with Crippen LogP contribution in [0.3, 0.4) is 0 Å². The molecule has 3 aromatic heterocycles. The van der Waals surface area contributed by atoms with E-state index in [-0.39, 0.29) is 5.56 Å². The maximum atomic E-state index is 11.5. The lowest BCUT2D eigenvalue weighted by atomic mass is 10.2. The Morgan fingerprint density at radius 2 is 1.74 bits per heavy atom. The van der Waals surface area contributed by atoms with E-state index in [1.807, 2.05) is 34.9 Å². The standard InChI is InChI=1S/C19H17N7O.C2HF3O2/c20-9-11-3-5-13(6-4-11)26-18(14-2-1-7-23-16(14)21)25-15-8-12(17(22)27)10-24-19(15)26;3-2(4,5)1(6)7/h1-8,10H,9,20H2,(H2,21,23)(H2,22,27);(H,6,7). The molecule has 0 atom stereocenters. The van der Waals surface area contributed by atoms with Crippen LogP contribution in [0.5, 0.6) is 0 Å². The number of rotatable bonds is 4. The fourth-order valence-corrected chi connectivity index (χ4v) is 2.91. The summed E-state index contributed by atoms with van der Waals surface area (Å²) in [6, 6.07) is 13.0. The van der Waals surface area contributed by atoms with Crippen LogP contribution in [0.2, 0.25) is 0 Å². The van der Waals surface area contributed by atoms with Gasteiger partial charge in [0.05, 0.1) is 11.1 Å². The molecule has 176 valence electrons. The average Bonchev–Trinajstić information content (AvgIpc) is 3.17. The van der Waals surface area contributed by atoms with Crippen LogP contribution in [-0.4, -0.2) is 42.7 Å². The van der Waals surface area contributed by atoms with Crippen molar-refractivity contribution in [1.29, 1.82) is 0 Å². The molecule has 0 spiro atoms. The Hall–Kier alpha value is -4.52. The summed E-state index contributed by atoms with van der Waals surface area (Å²) in [5.41, 5.74) is 21.1. The lowest BCUT2D eigenvalue weighted by Gasteiger charge is -2.10. The van der Waals surface area contributed by atoms with E-state index in [9.17, 15) is 18.0 Å². The average molecular weight is 473 g/mol. The number of nitrogens with two attached hydrogens (primary N) is 3. The van der Waals surface area contributed by atoms with Gasteiger partial charge in [-0.25, -0.2) is 19.7 Å². The summed E-state index contributed by atoms with van der Waals surface area (Å²) in [6.07, 6.45) is -2.03. The molecule has 0 aliphatic carbocycles. The van der Waals surface area contributed by atoms with Gasteiger partial charge in [0, 0.05) is 24.6 Å². The van der Waals surface area contributed by atoms with Crippen molar-refractivity contribution in [1.82, 2.24) is 19.5 Å². The number of alkyl halides is 3. The second-order valence-electron chi connectivity index (χ2n) is 6.81. The highest BCUT2D eigenvalue weighted by Crippen LogP contribution is 2.30. The van der Waals surface area contributed by atoms with Crippen LogP contribution in [0.1, 0.15) is 15.9 Å². The molecule has 3 heterocycles. The third kappa shape index (κ3) is 5.10. The van der Waals surface area contributed by atoms with Crippen LogP contribution < -0.4 is 17.2 Å². The van der Waals surface area contributed by atoms with Crippen molar-refractivity contribution < 1.29 is 27.9 Å². The van der Waals surface area contributed by atoms with Crippen LogP contribution in [-0.2, 0) is 11.3 Å². The number of halogens is 3. The predicted octanol–water partition coefficient (Wildman–Crippen LogP) is 2.26. The number of benzene rings is 1. The number of carboxylic acid groups (broad SMARTS) is 1. The topological polar surface area (TPSA) is 176 Å². The van der Waals surface area contributed by atoms with Crippen molar-refractivity contribution in [2.24, 2.45) is 11.5 Å². The van der Waals surface area contributed by atoms with E-state index in [0.29, 0.717) is 34.9 Å². The van der Waals surface area contributed by atoms with Crippen molar-refractivity contribution >= 4 is 28.9 Å². The third-order valence-electron chi connectivity index (χ3n) is 4.53. The number of hydrogen-bond acceptors (Lipinski definition) is 7. The Kier molecular flexibility index (Phi) is 6.77. The van der Waals surface area contributed by atoms with Crippen molar-refractivity contribution in [2.45, 2.75) is 12.7 Å². The molecule has 4 aromatic rings. The van der Waals surface area contributed by atoms with Crippen LogP contribution >= 0.6 is 0 Å². The van der Waals surface area contributed by atoms with Crippen molar-refractivity contribution in [3.05, 3.63) is 66.0 Å². The summed E-state index contributed by atoms with van der Waals surface area (Å²) in [6.45, 7) is 0.452. The van der Waals surface area contributed by atoms with Gasteiger partial charge in [0.15, 0.2) is 11.5 Å². The number of primary amides is 1. The second kappa shape index (κ2) is 9.54. The van der Waals surface area contributed by atoms with Gasteiger partial charge in [0.2, 0.25) is 5.91 Å². The number of anilines is 1. The SMILES string of the molecule is NCc1ccc(-n2c(-c3cccnc3N)nc3cc(C(N)=O)cnc32)cc1.O=C(O)C(F)(F)F. The van der Waals surface area contributed by atoms with Crippen LogP contribution in [0.25, 0.3) is 28.2 Å². The van der Waals surface area contributed by atoms with E-state index in [0.717, 1.165) is 11.3 Å². The molecule has 7 N–H and O–H groups in total. The molecule has 0 unspecified atom stereocenters. The van der Waals surface area contributed by atoms with Crippen molar-refractivity contribution in [3.63, 3.8) is 0 Å². The number of carboxylic acids is 1. The lowest BCUT2D eigenvalue weighted by molar-refractivity contribution is -0.192. The summed E-state index contributed by atoms with van der Waals surface area (Å²) in [7, 11) is 0. The summed E-state index contributed by atoms with van der Waals surface area (Å²) in [4.78, 5) is 33.6. The molecule has 0 fully saturated rings. The first kappa shape index (κ1) is 24.1. The Labute approximate surface area is 189 Å². The summed E-state index contributed by atoms with van der Waals surface area (Å²) in [5.74, 6) is -2.39. The van der Waals surface area contributed by atoms with E-state index < -0.39 is 18.1 Å². The van der Waals surface area contributed by atoms with E-state index in [4.69, 9.17) is 27.1 Å². The number of carbonyl (C=O) groups excluding carboxylic acids is 1. The fraction of sp³-hybridized carbons (Fsp3) is 0.0952. The Morgan fingerprint density at radius 3 is 2.26 bits per heavy atom. The number of amides is 1.